The fourth-order valence-electron chi connectivity index (χ4n) is 4.96. The van der Waals surface area contributed by atoms with Crippen LogP contribution < -0.4 is 5.73 Å². The second-order valence-electron chi connectivity index (χ2n) is 10.4. The van der Waals surface area contributed by atoms with E-state index in [1.807, 2.05) is 0 Å². The van der Waals surface area contributed by atoms with Crippen LogP contribution in [-0.4, -0.2) is 96.7 Å². The highest BCUT2D eigenvalue weighted by Crippen LogP contribution is 2.47. The highest BCUT2D eigenvalue weighted by molar-refractivity contribution is 7.53. The first-order chi connectivity index (χ1) is 19.9. The lowest BCUT2D eigenvalue weighted by atomic mass is 10.1. The van der Waals surface area contributed by atoms with Crippen LogP contribution in [0.25, 0.3) is 11.2 Å². The monoisotopic (exact) mass is 606 g/mol. The van der Waals surface area contributed by atoms with Gasteiger partial charge < -0.3 is 39.4 Å². The maximum Gasteiger partial charge on any atom is 0.335 e. The molecule has 0 aliphatic carbocycles. The van der Waals surface area contributed by atoms with Gasteiger partial charge in [0, 0.05) is 0 Å². The smallest absolute Gasteiger partial charge is 0.335 e. The molecule has 2 aliphatic heterocycles. The number of ketones is 1. The summed E-state index contributed by atoms with van der Waals surface area (Å²) in [4.78, 5) is 37.5. The SMILES string of the molecule is CC1(C)O[C@@H]2[C@H](O1)[C@@H](COP(=O)(O)CC(=O)c1ccccc1O)O[C@H]2n1cnc2c(N)ncnc21.CCN(CC)CC. The fraction of sp³-hybridized carbons (Fsp3) is 0.556. The third-order valence-electron chi connectivity index (χ3n) is 7.12. The van der Waals surface area contributed by atoms with Gasteiger partial charge in [0.2, 0.25) is 0 Å². The molecule has 42 heavy (non-hydrogen) atoms. The van der Waals surface area contributed by atoms with E-state index in [2.05, 4.69) is 40.6 Å². The van der Waals surface area contributed by atoms with Gasteiger partial charge in [0.1, 0.15) is 42.1 Å². The number of nitrogen functional groups attached to an aromatic ring is 1. The van der Waals surface area contributed by atoms with Crippen molar-refractivity contribution in [2.45, 2.75) is 64.9 Å². The number of nitrogens with two attached hydrogens (primary N) is 1. The number of phenols is 1. The number of fused-ring (bicyclic) bond motifs is 2. The van der Waals surface area contributed by atoms with E-state index in [0.717, 1.165) is 0 Å². The molecule has 4 N–H and O–H groups in total. The van der Waals surface area contributed by atoms with E-state index in [4.69, 9.17) is 24.5 Å². The van der Waals surface area contributed by atoms with E-state index in [1.54, 1.807) is 30.5 Å². The molecule has 2 fully saturated rings. The van der Waals surface area contributed by atoms with Gasteiger partial charge in [-0.1, -0.05) is 32.9 Å². The first-order valence-corrected chi connectivity index (χ1v) is 15.6. The Bertz CT molecular complexity index is 1430. The zero-order valence-corrected chi connectivity index (χ0v) is 25.3. The number of ether oxygens (including phenoxy) is 3. The Kier molecular flexibility index (Phi) is 9.99. The molecule has 0 bridgehead atoms. The third-order valence-corrected chi connectivity index (χ3v) is 8.36. The zero-order valence-electron chi connectivity index (χ0n) is 24.4. The van der Waals surface area contributed by atoms with Gasteiger partial charge in [-0.05, 0) is 45.6 Å². The van der Waals surface area contributed by atoms with E-state index in [0.29, 0.717) is 11.2 Å². The molecule has 14 nitrogen and oxygen atoms in total. The highest BCUT2D eigenvalue weighted by Gasteiger charge is 2.56. The number of Topliss-reactive ketones (excluding diaryl/α,β-unsaturated/α-hetero) is 1. The average molecular weight is 607 g/mol. The lowest BCUT2D eigenvalue weighted by molar-refractivity contribution is -0.199. The number of hydrogen-bond acceptors (Lipinski definition) is 12. The van der Waals surface area contributed by atoms with Gasteiger partial charge in [0.15, 0.2) is 29.3 Å². The molecule has 230 valence electrons. The minimum Gasteiger partial charge on any atom is -0.507 e. The van der Waals surface area contributed by atoms with Crippen molar-refractivity contribution >= 4 is 30.4 Å². The Hall–Kier alpha value is -2.97. The minimum atomic E-state index is -4.37. The van der Waals surface area contributed by atoms with Crippen molar-refractivity contribution in [1.29, 1.82) is 0 Å². The van der Waals surface area contributed by atoms with E-state index >= 15 is 0 Å². The van der Waals surface area contributed by atoms with E-state index < -0.39 is 49.9 Å². The van der Waals surface area contributed by atoms with E-state index in [9.17, 15) is 19.4 Å². The number of aromatic nitrogens is 4. The van der Waals surface area contributed by atoms with Crippen molar-refractivity contribution in [1.82, 2.24) is 24.4 Å². The minimum absolute atomic E-state index is 0.0647. The van der Waals surface area contributed by atoms with Crippen molar-refractivity contribution in [3.05, 3.63) is 42.5 Å². The van der Waals surface area contributed by atoms with E-state index in [-0.39, 0.29) is 23.7 Å². The predicted octanol–water partition coefficient (Wildman–Crippen LogP) is 2.96. The number of imidazole rings is 1. The van der Waals surface area contributed by atoms with Gasteiger partial charge >= 0.3 is 7.60 Å². The predicted molar refractivity (Wildman–Crippen MR) is 154 cm³/mol. The van der Waals surface area contributed by atoms with Crippen LogP contribution in [0.1, 0.15) is 51.2 Å². The van der Waals surface area contributed by atoms with Crippen LogP contribution in [0.2, 0.25) is 0 Å². The number of benzene rings is 1. The summed E-state index contributed by atoms with van der Waals surface area (Å²) in [6, 6.07) is 5.77. The van der Waals surface area contributed by atoms with Crippen molar-refractivity contribution in [3.63, 3.8) is 0 Å². The largest absolute Gasteiger partial charge is 0.507 e. The first kappa shape index (κ1) is 32.0. The van der Waals surface area contributed by atoms with Crippen molar-refractivity contribution in [3.8, 4) is 5.75 Å². The summed E-state index contributed by atoms with van der Waals surface area (Å²) in [6.45, 7) is 13.3. The lowest BCUT2D eigenvalue weighted by Crippen LogP contribution is -2.32. The Morgan fingerprint density at radius 3 is 2.43 bits per heavy atom. The van der Waals surface area contributed by atoms with Gasteiger partial charge in [-0.15, -0.1) is 0 Å². The Morgan fingerprint density at radius 2 is 1.79 bits per heavy atom. The number of carbonyl (C=O) groups is 1. The molecule has 3 aromatic rings. The number of carbonyl (C=O) groups excluding carboxylic acids is 1. The van der Waals surface area contributed by atoms with Crippen molar-refractivity contribution in [2.24, 2.45) is 0 Å². The normalized spacial score (nSPS) is 24.3. The summed E-state index contributed by atoms with van der Waals surface area (Å²) < 4.78 is 37.7. The Labute approximate surface area is 244 Å². The van der Waals surface area contributed by atoms with Crippen LogP contribution in [0.5, 0.6) is 5.75 Å². The first-order valence-electron chi connectivity index (χ1n) is 13.8. The van der Waals surface area contributed by atoms with Crippen LogP contribution in [0.15, 0.2) is 36.9 Å². The Balaban J connectivity index is 0.000000517. The second kappa shape index (κ2) is 13.1. The molecule has 5 atom stereocenters. The molecule has 0 radical (unpaired) electrons. The van der Waals surface area contributed by atoms with Crippen molar-refractivity contribution < 1.29 is 38.1 Å². The van der Waals surface area contributed by atoms with E-state index in [1.165, 1.54) is 44.4 Å². The molecule has 2 aromatic heterocycles. The van der Waals surface area contributed by atoms with Crippen molar-refractivity contribution in [2.75, 3.05) is 38.1 Å². The number of nitrogens with zero attached hydrogens (tertiary/aromatic N) is 5. The molecule has 2 aliphatic rings. The van der Waals surface area contributed by atoms with Gasteiger partial charge in [-0.3, -0.25) is 13.9 Å². The number of para-hydroxylation sites is 1. The maximum atomic E-state index is 12.7. The van der Waals surface area contributed by atoms with Crippen LogP contribution in [0, 0.1) is 0 Å². The van der Waals surface area contributed by atoms with Crippen LogP contribution in [0.4, 0.5) is 5.82 Å². The molecule has 1 unspecified atom stereocenters. The summed E-state index contributed by atoms with van der Waals surface area (Å²) in [5, 5.41) is 9.84. The number of aromatic hydroxyl groups is 1. The molecule has 0 amide bonds. The van der Waals surface area contributed by atoms with Crippen LogP contribution in [-0.2, 0) is 23.3 Å². The van der Waals surface area contributed by atoms with Gasteiger partial charge in [0.25, 0.3) is 0 Å². The molecular formula is C27H39N6O8P. The third kappa shape index (κ3) is 7.14. The fourth-order valence-corrected chi connectivity index (χ4v) is 5.96. The molecule has 1 aromatic carbocycles. The van der Waals surface area contributed by atoms with Gasteiger partial charge in [-0.2, -0.15) is 0 Å². The number of anilines is 1. The summed E-state index contributed by atoms with van der Waals surface area (Å²) >= 11 is 0. The quantitative estimate of drug-likeness (QED) is 0.226. The standard InChI is InChI=1S/C21H24N5O8P.C6H15N/c1-21(2)33-16-14(7-31-35(29,30)8-13(28)11-5-3-4-6-12(11)27)32-20(17(16)34-21)26-10-25-15-18(22)23-9-24-19(15)26;1-4-7(5-2)6-3/h3-6,9-10,14,16-17,20,27H,7-8H2,1-2H3,(H,29,30)(H2,22,23,24);4-6H2,1-3H3/t14-,16-,17-,20-;/m1./s1. The number of rotatable bonds is 10. The summed E-state index contributed by atoms with van der Waals surface area (Å²) in [5.41, 5.74) is 6.65. The number of hydrogen-bond donors (Lipinski definition) is 3. The Morgan fingerprint density at radius 1 is 1.12 bits per heavy atom. The molecule has 5 rings (SSSR count). The maximum absolute atomic E-state index is 12.7. The van der Waals surface area contributed by atoms with Gasteiger partial charge in [-0.25, -0.2) is 15.0 Å². The molecule has 2 saturated heterocycles. The highest BCUT2D eigenvalue weighted by atomic mass is 31.2. The zero-order chi connectivity index (χ0) is 30.7. The van der Waals surface area contributed by atoms with Gasteiger partial charge in [0.05, 0.1) is 18.5 Å². The second-order valence-corrected chi connectivity index (χ2v) is 12.2. The lowest BCUT2D eigenvalue weighted by Gasteiger charge is -2.25. The van der Waals surface area contributed by atoms with Crippen LogP contribution >= 0.6 is 7.60 Å². The summed E-state index contributed by atoms with van der Waals surface area (Å²) in [5.74, 6) is -1.73. The molecule has 15 heteroatoms. The number of phenolic OH excluding ortho intramolecular Hbond substituents is 1. The molecule has 4 heterocycles. The molecule has 0 spiro atoms. The molecular weight excluding hydrogens is 567 g/mol. The topological polar surface area (TPSA) is 184 Å². The average Bonchev–Trinajstić information content (AvgIpc) is 3.60. The molecule has 0 saturated carbocycles. The summed E-state index contributed by atoms with van der Waals surface area (Å²) in [7, 11) is -4.37. The van der Waals surface area contributed by atoms with Crippen LogP contribution in [0.3, 0.4) is 0 Å². The summed E-state index contributed by atoms with van der Waals surface area (Å²) in [6.07, 6.45) is -0.784.